The van der Waals surface area contributed by atoms with E-state index in [2.05, 4.69) is 98.6 Å². The van der Waals surface area contributed by atoms with E-state index < -0.39 is 16.6 Å². The fourth-order valence-electron chi connectivity index (χ4n) is 8.48. The van der Waals surface area contributed by atoms with Crippen molar-refractivity contribution in [1.82, 2.24) is 4.90 Å². The van der Waals surface area contributed by atoms with E-state index in [0.717, 1.165) is 63.3 Å². The molecule has 0 aromatic rings. The van der Waals surface area contributed by atoms with Gasteiger partial charge in [0.1, 0.15) is 0 Å². The first-order valence-electron chi connectivity index (χ1n) is 18.4. The second-order valence-corrected chi connectivity index (χ2v) is 28.0. The Hall–Kier alpha value is -0.246. The Balaban J connectivity index is 1.49. The number of nitrogens with zero attached hydrogens (tertiary/aromatic N) is 1. The van der Waals surface area contributed by atoms with Crippen LogP contribution in [0.4, 0.5) is 0 Å². The van der Waals surface area contributed by atoms with Gasteiger partial charge in [-0.1, -0.05) is 78.7 Å². The molecule has 4 aliphatic rings. The lowest BCUT2D eigenvalue weighted by Crippen LogP contribution is -2.48. The molecule has 6 heteroatoms. The van der Waals surface area contributed by atoms with Crippen LogP contribution in [0, 0.1) is 23.2 Å². The molecule has 3 aliphatic carbocycles. The summed E-state index contributed by atoms with van der Waals surface area (Å²) in [6, 6.07) is 0. The van der Waals surface area contributed by atoms with Crippen LogP contribution < -0.4 is 0 Å². The van der Waals surface area contributed by atoms with Crippen molar-refractivity contribution >= 4 is 16.6 Å². The van der Waals surface area contributed by atoms with Crippen LogP contribution in [0.3, 0.4) is 0 Å². The molecule has 4 nitrogen and oxygen atoms in total. The number of hydrogen-bond acceptors (Lipinski definition) is 4. The predicted octanol–water partition coefficient (Wildman–Crippen LogP) is 10.4. The van der Waals surface area contributed by atoms with Crippen molar-refractivity contribution in [2.45, 2.75) is 162 Å². The summed E-state index contributed by atoms with van der Waals surface area (Å²) in [5.41, 5.74) is 3.75. The molecule has 0 bridgehead atoms. The molecule has 4 rings (SSSR count). The summed E-state index contributed by atoms with van der Waals surface area (Å²) < 4.78 is 19.8. The number of fused-ring (bicyclic) bond motifs is 1. The van der Waals surface area contributed by atoms with E-state index in [0.29, 0.717) is 5.41 Å². The Morgan fingerprint density at radius 3 is 2.02 bits per heavy atom. The van der Waals surface area contributed by atoms with Crippen LogP contribution in [-0.2, 0) is 13.6 Å². The average molecular weight is 646 g/mol. The predicted molar refractivity (Wildman–Crippen MR) is 193 cm³/mol. The molecule has 1 aliphatic heterocycles. The summed E-state index contributed by atoms with van der Waals surface area (Å²) in [4.78, 5) is 2.63. The monoisotopic (exact) mass is 645 g/mol. The van der Waals surface area contributed by atoms with E-state index in [-0.39, 0.29) is 22.3 Å². The average Bonchev–Trinajstić information content (AvgIpc) is 3.27. The molecule has 1 saturated heterocycles. The van der Waals surface area contributed by atoms with E-state index in [1.807, 2.05) is 0 Å². The normalized spacial score (nSPS) is 33.0. The fourth-order valence-corrected chi connectivity index (χ4v) is 11.2. The lowest BCUT2D eigenvalue weighted by molar-refractivity contribution is 0.0299. The Morgan fingerprint density at radius 2 is 1.48 bits per heavy atom. The summed E-state index contributed by atoms with van der Waals surface area (Å²) in [6.45, 7) is 34.4. The van der Waals surface area contributed by atoms with Gasteiger partial charge in [0.2, 0.25) is 0 Å². The van der Waals surface area contributed by atoms with E-state index in [1.165, 1.54) is 45.1 Å². The van der Waals surface area contributed by atoms with Gasteiger partial charge in [-0.15, -0.1) is 0 Å². The number of ether oxygens (including phenoxy) is 1. The zero-order valence-electron chi connectivity index (χ0n) is 31.1. The Kier molecular flexibility index (Phi) is 11.7. The first-order valence-corrected chi connectivity index (χ1v) is 24.2. The highest BCUT2D eigenvalue weighted by molar-refractivity contribution is 6.74. The highest BCUT2D eigenvalue weighted by Crippen LogP contribution is 2.60. The van der Waals surface area contributed by atoms with Crippen molar-refractivity contribution in [3.05, 3.63) is 23.3 Å². The first kappa shape index (κ1) is 36.6. The van der Waals surface area contributed by atoms with Crippen LogP contribution in [0.2, 0.25) is 36.3 Å². The lowest BCUT2D eigenvalue weighted by Gasteiger charge is -2.45. The van der Waals surface area contributed by atoms with Gasteiger partial charge in [-0.2, -0.15) is 0 Å². The van der Waals surface area contributed by atoms with Crippen molar-refractivity contribution < 1.29 is 13.6 Å². The molecule has 6 atom stereocenters. The van der Waals surface area contributed by atoms with Gasteiger partial charge >= 0.3 is 0 Å². The molecule has 44 heavy (non-hydrogen) atoms. The molecule has 0 spiro atoms. The molecule has 1 heterocycles. The molecular weight excluding hydrogens is 575 g/mol. The third-order valence-corrected chi connectivity index (χ3v) is 22.4. The SMILES string of the molecule is CC(CCN1CCOCC1)[C@H]1CC[C@H]2/C(=C/C=C3C[C@@H](O[Si](C)(C)C(C)(C)C)C[C@H](O[Si](C)(C)C(C)(C)C)C3)CCC[C@]12C. The summed E-state index contributed by atoms with van der Waals surface area (Å²) in [5.74, 6) is 2.40. The van der Waals surface area contributed by atoms with Gasteiger partial charge in [-0.3, -0.25) is 4.90 Å². The molecule has 3 saturated carbocycles. The highest BCUT2D eigenvalue weighted by Gasteiger charge is 2.50. The van der Waals surface area contributed by atoms with E-state index in [9.17, 15) is 0 Å². The van der Waals surface area contributed by atoms with Crippen LogP contribution in [0.15, 0.2) is 23.3 Å². The van der Waals surface area contributed by atoms with Gasteiger partial charge in [0.15, 0.2) is 16.6 Å². The van der Waals surface area contributed by atoms with E-state index in [4.69, 9.17) is 13.6 Å². The molecule has 0 aromatic heterocycles. The molecule has 1 unspecified atom stereocenters. The molecule has 0 N–H and O–H groups in total. The Morgan fingerprint density at radius 1 is 0.909 bits per heavy atom. The fraction of sp³-hybridized carbons (Fsp3) is 0.895. The Bertz CT molecular complexity index is 978. The summed E-state index contributed by atoms with van der Waals surface area (Å²) in [6.07, 6.45) is 17.0. The van der Waals surface area contributed by atoms with Gasteiger partial charge in [0.25, 0.3) is 0 Å². The molecule has 254 valence electrons. The number of allylic oxidation sites excluding steroid dienone is 3. The standard InChI is InChI=1S/C38H71NO3Si2/c1-29(19-21-39-22-24-40-25-23-39)34-17-18-35-31(14-13-20-38(34,35)8)16-15-30-26-32(41-43(9,10)36(2,3)4)28-33(27-30)42-44(11,12)37(5,6)7/h15-16,29,32-35H,13-14,17-28H2,1-12H3/b31-16+/t29?,32-,33-,34-,35+,38-/m1/s1. The number of hydrogen-bond donors (Lipinski definition) is 0. The summed E-state index contributed by atoms with van der Waals surface area (Å²) >= 11 is 0. The summed E-state index contributed by atoms with van der Waals surface area (Å²) in [7, 11) is -3.72. The van der Waals surface area contributed by atoms with E-state index >= 15 is 0 Å². The zero-order chi connectivity index (χ0) is 32.6. The maximum absolute atomic E-state index is 7.09. The van der Waals surface area contributed by atoms with Crippen LogP contribution in [0.25, 0.3) is 0 Å². The van der Waals surface area contributed by atoms with E-state index in [1.54, 1.807) is 11.1 Å². The third-order valence-electron chi connectivity index (χ3n) is 13.3. The van der Waals surface area contributed by atoms with Crippen molar-refractivity contribution in [2.75, 3.05) is 32.8 Å². The smallest absolute Gasteiger partial charge is 0.192 e. The molecule has 0 aromatic carbocycles. The molecular formula is C38H71NO3Si2. The number of rotatable bonds is 9. The van der Waals surface area contributed by atoms with Gasteiger partial charge in [0.05, 0.1) is 25.4 Å². The van der Waals surface area contributed by atoms with Crippen LogP contribution in [-0.4, -0.2) is 66.6 Å². The molecule has 0 radical (unpaired) electrons. The molecule has 4 fully saturated rings. The second kappa shape index (κ2) is 14.1. The van der Waals surface area contributed by atoms with Gasteiger partial charge in [-0.05, 0) is 124 Å². The van der Waals surface area contributed by atoms with Crippen LogP contribution >= 0.6 is 0 Å². The van der Waals surface area contributed by atoms with Crippen molar-refractivity contribution in [3.63, 3.8) is 0 Å². The Labute approximate surface area is 275 Å². The second-order valence-electron chi connectivity index (χ2n) is 18.5. The van der Waals surface area contributed by atoms with Crippen LogP contribution in [0.5, 0.6) is 0 Å². The minimum atomic E-state index is -1.86. The zero-order valence-corrected chi connectivity index (χ0v) is 33.1. The van der Waals surface area contributed by atoms with Gasteiger partial charge in [0, 0.05) is 13.1 Å². The van der Waals surface area contributed by atoms with Gasteiger partial charge < -0.3 is 13.6 Å². The van der Waals surface area contributed by atoms with Crippen LogP contribution in [0.1, 0.15) is 113 Å². The van der Waals surface area contributed by atoms with Gasteiger partial charge in [-0.25, -0.2) is 0 Å². The lowest BCUT2D eigenvalue weighted by atomic mass is 9.61. The highest BCUT2D eigenvalue weighted by atomic mass is 28.4. The van der Waals surface area contributed by atoms with Crippen molar-refractivity contribution in [3.8, 4) is 0 Å². The first-order chi connectivity index (χ1) is 20.3. The number of morpholine rings is 1. The maximum atomic E-state index is 7.09. The molecule has 0 amide bonds. The summed E-state index contributed by atoms with van der Waals surface area (Å²) in [5, 5.41) is 0.438. The third kappa shape index (κ3) is 8.61. The topological polar surface area (TPSA) is 30.9 Å². The minimum absolute atomic E-state index is 0.219. The van der Waals surface area contributed by atoms with Crippen molar-refractivity contribution in [1.29, 1.82) is 0 Å². The van der Waals surface area contributed by atoms with Crippen molar-refractivity contribution in [2.24, 2.45) is 23.2 Å². The quantitative estimate of drug-likeness (QED) is 0.234. The largest absolute Gasteiger partial charge is 0.414 e. The minimum Gasteiger partial charge on any atom is -0.414 e. The maximum Gasteiger partial charge on any atom is 0.192 e.